The van der Waals surface area contributed by atoms with Crippen LogP contribution in [0.3, 0.4) is 0 Å². The zero-order valence-electron chi connectivity index (χ0n) is 17.9. The Labute approximate surface area is 183 Å². The van der Waals surface area contributed by atoms with Gasteiger partial charge in [0, 0.05) is 13.1 Å². The first-order valence-corrected chi connectivity index (χ1v) is 10.1. The molecule has 3 heterocycles. The zero-order chi connectivity index (χ0) is 23.6. The van der Waals surface area contributed by atoms with Crippen LogP contribution >= 0.6 is 0 Å². The number of aliphatic hydroxyl groups excluding tert-OH is 3. The van der Waals surface area contributed by atoms with Crippen LogP contribution in [0.5, 0.6) is 0 Å². The summed E-state index contributed by atoms with van der Waals surface area (Å²) in [6.45, 7) is 4.65. The molecule has 172 valence electrons. The fourth-order valence-corrected chi connectivity index (χ4v) is 3.72. The van der Waals surface area contributed by atoms with E-state index in [1.54, 1.807) is 0 Å². The van der Waals surface area contributed by atoms with Crippen molar-refractivity contribution in [2.24, 2.45) is 5.92 Å². The average Bonchev–Trinajstić information content (AvgIpc) is 3.25. The number of hydrogen-bond donors (Lipinski definition) is 5. The maximum Gasteiger partial charge on any atom is 0.248 e. The minimum absolute atomic E-state index is 0.0566. The number of carbonyl (C=O) groups is 2. The first-order chi connectivity index (χ1) is 15.2. The maximum absolute atomic E-state index is 12.9. The van der Waals surface area contributed by atoms with Crippen LogP contribution in [0.1, 0.15) is 39.0 Å². The molecule has 2 amide bonds. The first-order valence-electron chi connectivity index (χ1n) is 10.1. The van der Waals surface area contributed by atoms with Gasteiger partial charge >= 0.3 is 0 Å². The van der Waals surface area contributed by atoms with Gasteiger partial charge in [-0.1, -0.05) is 13.8 Å². The number of aliphatic hydroxyl groups is 3. The highest BCUT2D eigenvalue weighted by Crippen LogP contribution is 2.34. The van der Waals surface area contributed by atoms with E-state index in [1.165, 1.54) is 24.0 Å². The molecule has 5 atom stereocenters. The predicted octanol–water partition coefficient (Wildman–Crippen LogP) is -0.596. The largest absolute Gasteiger partial charge is 0.394 e. The van der Waals surface area contributed by atoms with Gasteiger partial charge in [0.2, 0.25) is 11.8 Å². The number of nitrogens with zero attached hydrogens (tertiary/aromatic N) is 4. The number of ether oxygens (including phenoxy) is 1. The highest BCUT2D eigenvalue weighted by atomic mass is 16.6. The van der Waals surface area contributed by atoms with Crippen LogP contribution in [-0.4, -0.2) is 72.6 Å². The van der Waals surface area contributed by atoms with Crippen LogP contribution in [0.4, 0.5) is 5.82 Å². The summed E-state index contributed by atoms with van der Waals surface area (Å²) >= 11 is 0. The molecule has 0 aromatic carbocycles. The Morgan fingerprint density at radius 1 is 1.31 bits per heavy atom. The van der Waals surface area contributed by atoms with Gasteiger partial charge < -0.3 is 35.3 Å². The van der Waals surface area contributed by atoms with Gasteiger partial charge in [-0.05, 0) is 12.3 Å². The van der Waals surface area contributed by atoms with Gasteiger partial charge in [-0.2, -0.15) is 5.26 Å². The van der Waals surface area contributed by atoms with Gasteiger partial charge in [0.1, 0.15) is 48.2 Å². The fraction of sp³-hybridized carbons (Fsp3) is 0.550. The summed E-state index contributed by atoms with van der Waals surface area (Å²) in [6, 6.07) is 1.20. The Morgan fingerprint density at radius 2 is 2.03 bits per heavy atom. The number of rotatable bonds is 7. The van der Waals surface area contributed by atoms with Gasteiger partial charge in [0.25, 0.3) is 0 Å². The zero-order valence-corrected chi connectivity index (χ0v) is 17.9. The topological polar surface area (TPSA) is 183 Å². The molecule has 1 aliphatic rings. The predicted molar refractivity (Wildman–Crippen MR) is 111 cm³/mol. The molecule has 12 heteroatoms. The molecule has 2 unspecified atom stereocenters. The lowest BCUT2D eigenvalue weighted by atomic mass is 10.0. The van der Waals surface area contributed by atoms with E-state index in [0.29, 0.717) is 6.42 Å². The van der Waals surface area contributed by atoms with Crippen molar-refractivity contribution >= 4 is 28.7 Å². The molecule has 0 radical (unpaired) electrons. The minimum atomic E-state index is -1.38. The summed E-state index contributed by atoms with van der Waals surface area (Å²) in [4.78, 5) is 32.6. The van der Waals surface area contributed by atoms with E-state index in [1.807, 2.05) is 19.9 Å². The van der Waals surface area contributed by atoms with Crippen LogP contribution in [0, 0.1) is 17.2 Å². The quantitative estimate of drug-likeness (QED) is 0.371. The number of nitrogens with one attached hydrogen (secondary N) is 2. The lowest BCUT2D eigenvalue weighted by Gasteiger charge is -2.19. The molecule has 0 spiro atoms. The van der Waals surface area contributed by atoms with Crippen molar-refractivity contribution in [1.29, 1.82) is 5.26 Å². The molecule has 1 aliphatic heterocycles. The molecule has 3 rings (SSSR count). The van der Waals surface area contributed by atoms with Gasteiger partial charge in [0.15, 0.2) is 6.23 Å². The van der Waals surface area contributed by atoms with Crippen molar-refractivity contribution in [3.8, 4) is 6.07 Å². The number of anilines is 1. The van der Waals surface area contributed by atoms with Gasteiger partial charge in [-0.25, -0.2) is 9.97 Å². The van der Waals surface area contributed by atoms with E-state index < -0.39 is 43.1 Å². The molecular weight excluding hydrogens is 420 g/mol. The Morgan fingerprint density at radius 3 is 2.59 bits per heavy atom. The van der Waals surface area contributed by atoms with Crippen LogP contribution in [0.25, 0.3) is 11.0 Å². The maximum atomic E-state index is 12.9. The summed E-state index contributed by atoms with van der Waals surface area (Å²) in [7, 11) is 0. The molecule has 2 aromatic rings. The molecule has 5 N–H and O–H groups in total. The van der Waals surface area contributed by atoms with E-state index in [0.717, 1.165) is 0 Å². The summed E-state index contributed by atoms with van der Waals surface area (Å²) in [6.07, 6.45) is -1.89. The van der Waals surface area contributed by atoms with Crippen molar-refractivity contribution < 1.29 is 29.6 Å². The van der Waals surface area contributed by atoms with Crippen molar-refractivity contribution in [2.75, 3.05) is 11.9 Å². The molecular formula is C20H26N6O6. The van der Waals surface area contributed by atoms with Crippen molar-refractivity contribution in [1.82, 2.24) is 19.9 Å². The van der Waals surface area contributed by atoms with Crippen molar-refractivity contribution in [3.05, 3.63) is 18.1 Å². The summed E-state index contributed by atoms with van der Waals surface area (Å²) in [5, 5.41) is 44.9. The summed E-state index contributed by atoms with van der Waals surface area (Å²) in [5.74, 6) is -0.669. The standard InChI is InChI=1S/C20H26N6O6/c1-9(2)4-12(24-10(3)28)19(31)25-17-14-11(5-21)6-26(18(14)23-8-22-17)20-16(30)15(29)13(7-27)32-20/h6,8-9,12-13,15-16,20,27,29-30H,4,7H2,1-3H3,(H,24,28)(H,22,23,25,31)/t12?,13-,15?,16+,20-/m1/s1. The second-order valence-electron chi connectivity index (χ2n) is 8.08. The van der Waals surface area contributed by atoms with E-state index in [4.69, 9.17) is 4.74 Å². The van der Waals surface area contributed by atoms with Crippen LogP contribution in [0.15, 0.2) is 12.5 Å². The lowest BCUT2D eigenvalue weighted by molar-refractivity contribution is -0.125. The molecule has 0 saturated carbocycles. The third-order valence-corrected chi connectivity index (χ3v) is 5.16. The molecule has 1 fully saturated rings. The van der Waals surface area contributed by atoms with Gasteiger partial charge in [-0.15, -0.1) is 0 Å². The Kier molecular flexibility index (Phi) is 7.05. The summed E-state index contributed by atoms with van der Waals surface area (Å²) < 4.78 is 6.90. The highest BCUT2D eigenvalue weighted by Gasteiger charge is 2.44. The number of hydrogen-bond acceptors (Lipinski definition) is 9. The molecule has 32 heavy (non-hydrogen) atoms. The van der Waals surface area contributed by atoms with E-state index in [-0.39, 0.29) is 34.2 Å². The number of nitriles is 1. The number of carbonyl (C=O) groups excluding carboxylic acids is 2. The summed E-state index contributed by atoms with van der Waals surface area (Å²) in [5.41, 5.74) is 0.287. The number of amides is 2. The van der Waals surface area contributed by atoms with E-state index in [2.05, 4.69) is 20.6 Å². The SMILES string of the molecule is CC(=O)NC(CC(C)C)C(=O)Nc1ncnc2c1c(C#N)cn2[C@@H]1O[C@H](CO)C(O)[C@@H]1O. The second kappa shape index (κ2) is 9.58. The molecule has 1 saturated heterocycles. The Bertz CT molecular complexity index is 1050. The number of fused-ring (bicyclic) bond motifs is 1. The second-order valence-corrected chi connectivity index (χ2v) is 8.08. The molecule has 2 aromatic heterocycles. The normalized spacial score (nSPS) is 23.8. The average molecular weight is 446 g/mol. The molecule has 12 nitrogen and oxygen atoms in total. The third-order valence-electron chi connectivity index (χ3n) is 5.16. The fourth-order valence-electron chi connectivity index (χ4n) is 3.72. The third kappa shape index (κ3) is 4.56. The van der Waals surface area contributed by atoms with Crippen molar-refractivity contribution in [2.45, 2.75) is 57.8 Å². The van der Waals surface area contributed by atoms with Crippen LogP contribution in [0.2, 0.25) is 0 Å². The van der Waals surface area contributed by atoms with E-state index >= 15 is 0 Å². The smallest absolute Gasteiger partial charge is 0.248 e. The monoisotopic (exact) mass is 446 g/mol. The Hall–Kier alpha value is -3.11. The van der Waals surface area contributed by atoms with Crippen LogP contribution < -0.4 is 10.6 Å². The van der Waals surface area contributed by atoms with Gasteiger partial charge in [0.05, 0.1) is 17.6 Å². The van der Waals surface area contributed by atoms with Gasteiger partial charge in [-0.3, -0.25) is 9.59 Å². The highest BCUT2D eigenvalue weighted by molar-refractivity contribution is 6.03. The lowest BCUT2D eigenvalue weighted by Crippen LogP contribution is -2.43. The van der Waals surface area contributed by atoms with Crippen molar-refractivity contribution in [3.63, 3.8) is 0 Å². The molecule has 0 aliphatic carbocycles. The minimum Gasteiger partial charge on any atom is -0.394 e. The Balaban J connectivity index is 1.99. The number of aromatic nitrogens is 3. The van der Waals surface area contributed by atoms with Crippen LogP contribution in [-0.2, 0) is 14.3 Å². The first kappa shape index (κ1) is 23.6. The molecule has 0 bridgehead atoms. The van der Waals surface area contributed by atoms with E-state index in [9.17, 15) is 30.2 Å².